The lowest BCUT2D eigenvalue weighted by molar-refractivity contribution is 0.410. The van der Waals surface area contributed by atoms with E-state index in [1.54, 1.807) is 0 Å². The van der Waals surface area contributed by atoms with Crippen LogP contribution >= 0.6 is 0 Å². The molecule has 0 saturated heterocycles. The highest BCUT2D eigenvalue weighted by Crippen LogP contribution is 2.30. The molecule has 2 heteroatoms. The number of fused-ring (bicyclic) bond motifs is 1. The predicted molar refractivity (Wildman–Crippen MR) is 77.1 cm³/mol. The van der Waals surface area contributed by atoms with E-state index < -0.39 is 0 Å². The molecule has 1 N–H and O–H groups in total. The van der Waals surface area contributed by atoms with Gasteiger partial charge in [0.25, 0.3) is 0 Å². The molecule has 1 aliphatic rings. The summed E-state index contributed by atoms with van der Waals surface area (Å²) < 4.78 is 5.55. The maximum atomic E-state index is 5.55. The van der Waals surface area contributed by atoms with Crippen LogP contribution < -0.4 is 5.32 Å². The first-order valence-electron chi connectivity index (χ1n) is 7.10. The topological polar surface area (TPSA) is 25.2 Å². The molecule has 1 unspecified atom stereocenters. The van der Waals surface area contributed by atoms with Crippen molar-refractivity contribution in [2.24, 2.45) is 0 Å². The summed E-state index contributed by atoms with van der Waals surface area (Å²) in [5, 5.41) is 3.70. The Balaban J connectivity index is 1.74. The first-order valence-corrected chi connectivity index (χ1v) is 7.10. The van der Waals surface area contributed by atoms with Crippen molar-refractivity contribution in [1.82, 2.24) is 5.32 Å². The van der Waals surface area contributed by atoms with E-state index in [0.29, 0.717) is 6.04 Å². The van der Waals surface area contributed by atoms with Crippen molar-refractivity contribution in [2.75, 3.05) is 0 Å². The zero-order valence-electron chi connectivity index (χ0n) is 11.7. The minimum absolute atomic E-state index is 0.446. The number of hydrogen-bond acceptors (Lipinski definition) is 2. The van der Waals surface area contributed by atoms with E-state index in [9.17, 15) is 0 Å². The molecule has 3 rings (SSSR count). The number of aryl methyl sites for hydroxylation is 3. The number of nitrogens with one attached hydrogen (secondary N) is 1. The molecule has 2 aromatic rings. The van der Waals surface area contributed by atoms with Gasteiger partial charge in [-0.2, -0.15) is 0 Å². The van der Waals surface area contributed by atoms with Gasteiger partial charge in [-0.05, 0) is 49.4 Å². The number of hydrogen-bond donors (Lipinski definition) is 1. The molecule has 0 radical (unpaired) electrons. The smallest absolute Gasteiger partial charge is 0.108 e. The van der Waals surface area contributed by atoms with Gasteiger partial charge in [-0.1, -0.05) is 18.2 Å². The Morgan fingerprint density at radius 2 is 2.00 bits per heavy atom. The molecule has 0 aliphatic heterocycles. The third-order valence-corrected chi connectivity index (χ3v) is 4.22. The van der Waals surface area contributed by atoms with Gasteiger partial charge >= 0.3 is 0 Å². The maximum Gasteiger partial charge on any atom is 0.108 e. The molecule has 1 aliphatic carbocycles. The summed E-state index contributed by atoms with van der Waals surface area (Å²) >= 11 is 0. The summed E-state index contributed by atoms with van der Waals surface area (Å²) in [5.41, 5.74) is 5.53. The standard InChI is InChI=1S/C17H21NO/c1-12-5-3-6-13(2)15(12)11-18-16-7-4-8-17-14(16)9-10-19-17/h3,5-6,9-10,16,18H,4,7-8,11H2,1-2H3. The molecular weight excluding hydrogens is 234 g/mol. The molecule has 1 aromatic carbocycles. The van der Waals surface area contributed by atoms with Gasteiger partial charge in [-0.15, -0.1) is 0 Å². The highest BCUT2D eigenvalue weighted by Gasteiger charge is 2.22. The van der Waals surface area contributed by atoms with E-state index in [1.165, 1.54) is 40.9 Å². The van der Waals surface area contributed by atoms with E-state index in [2.05, 4.69) is 43.4 Å². The quantitative estimate of drug-likeness (QED) is 0.894. The van der Waals surface area contributed by atoms with Crippen LogP contribution in [0.5, 0.6) is 0 Å². The lowest BCUT2D eigenvalue weighted by Crippen LogP contribution is -2.24. The molecule has 1 atom stereocenters. The molecule has 0 spiro atoms. The van der Waals surface area contributed by atoms with E-state index in [0.717, 1.165) is 13.0 Å². The molecule has 100 valence electrons. The van der Waals surface area contributed by atoms with Crippen LogP contribution in [-0.2, 0) is 13.0 Å². The van der Waals surface area contributed by atoms with E-state index >= 15 is 0 Å². The molecule has 1 heterocycles. The first-order chi connectivity index (χ1) is 9.25. The molecule has 0 fully saturated rings. The van der Waals surface area contributed by atoms with Crippen LogP contribution in [0.3, 0.4) is 0 Å². The Kier molecular flexibility index (Phi) is 3.43. The van der Waals surface area contributed by atoms with Crippen molar-refractivity contribution < 1.29 is 4.42 Å². The van der Waals surface area contributed by atoms with Gasteiger partial charge in [0.2, 0.25) is 0 Å². The highest BCUT2D eigenvalue weighted by molar-refractivity contribution is 5.33. The Morgan fingerprint density at radius 1 is 1.21 bits per heavy atom. The summed E-state index contributed by atoms with van der Waals surface area (Å²) in [5.74, 6) is 1.17. The number of furan rings is 1. The summed E-state index contributed by atoms with van der Waals surface area (Å²) in [6.45, 7) is 5.32. The lowest BCUT2D eigenvalue weighted by Gasteiger charge is -2.23. The Labute approximate surface area is 114 Å². The SMILES string of the molecule is Cc1cccc(C)c1CNC1CCCc2occc21. The minimum atomic E-state index is 0.446. The van der Waals surface area contributed by atoms with Gasteiger partial charge in [-0.3, -0.25) is 0 Å². The van der Waals surface area contributed by atoms with Crippen LogP contribution in [0.25, 0.3) is 0 Å². The van der Waals surface area contributed by atoms with Crippen LogP contribution in [0.15, 0.2) is 34.9 Å². The second-order valence-electron chi connectivity index (χ2n) is 5.50. The van der Waals surface area contributed by atoms with Gasteiger partial charge in [0.1, 0.15) is 5.76 Å². The van der Waals surface area contributed by atoms with Crippen LogP contribution in [0.1, 0.15) is 46.9 Å². The molecule has 0 amide bonds. The van der Waals surface area contributed by atoms with Gasteiger partial charge in [0.05, 0.1) is 6.26 Å². The molecule has 19 heavy (non-hydrogen) atoms. The van der Waals surface area contributed by atoms with Crippen LogP contribution in [0.4, 0.5) is 0 Å². The van der Waals surface area contributed by atoms with Crippen molar-refractivity contribution in [3.63, 3.8) is 0 Å². The summed E-state index contributed by atoms with van der Waals surface area (Å²) in [6, 6.07) is 9.07. The molecule has 1 aromatic heterocycles. The monoisotopic (exact) mass is 255 g/mol. The van der Waals surface area contributed by atoms with Crippen molar-refractivity contribution in [2.45, 2.75) is 45.7 Å². The normalized spacial score (nSPS) is 18.3. The number of benzene rings is 1. The van der Waals surface area contributed by atoms with Gasteiger partial charge in [-0.25, -0.2) is 0 Å². The number of rotatable bonds is 3. The van der Waals surface area contributed by atoms with Crippen LogP contribution in [-0.4, -0.2) is 0 Å². The van der Waals surface area contributed by atoms with E-state index in [4.69, 9.17) is 4.42 Å². The van der Waals surface area contributed by atoms with Gasteiger partial charge < -0.3 is 9.73 Å². The summed E-state index contributed by atoms with van der Waals surface area (Å²) in [6.07, 6.45) is 5.33. The van der Waals surface area contributed by atoms with Crippen molar-refractivity contribution >= 4 is 0 Å². The largest absolute Gasteiger partial charge is 0.469 e. The van der Waals surface area contributed by atoms with Gasteiger partial charge in [0, 0.05) is 24.6 Å². The first kappa shape index (κ1) is 12.5. The zero-order valence-corrected chi connectivity index (χ0v) is 11.7. The van der Waals surface area contributed by atoms with Gasteiger partial charge in [0.15, 0.2) is 0 Å². The average Bonchev–Trinajstić information content (AvgIpc) is 2.87. The van der Waals surface area contributed by atoms with Crippen LogP contribution in [0, 0.1) is 13.8 Å². The summed E-state index contributed by atoms with van der Waals surface area (Å²) in [7, 11) is 0. The molecule has 0 saturated carbocycles. The van der Waals surface area contributed by atoms with E-state index in [1.807, 2.05) is 6.26 Å². The lowest BCUT2D eigenvalue weighted by atomic mass is 9.93. The minimum Gasteiger partial charge on any atom is -0.469 e. The zero-order chi connectivity index (χ0) is 13.2. The van der Waals surface area contributed by atoms with Crippen molar-refractivity contribution in [3.05, 3.63) is 58.5 Å². The fraction of sp³-hybridized carbons (Fsp3) is 0.412. The third-order valence-electron chi connectivity index (χ3n) is 4.22. The Bertz CT molecular complexity index is 550. The van der Waals surface area contributed by atoms with E-state index in [-0.39, 0.29) is 0 Å². The average molecular weight is 255 g/mol. The third kappa shape index (κ3) is 2.45. The Morgan fingerprint density at radius 3 is 2.79 bits per heavy atom. The second-order valence-corrected chi connectivity index (χ2v) is 5.50. The Hall–Kier alpha value is -1.54. The molecule has 0 bridgehead atoms. The fourth-order valence-corrected chi connectivity index (χ4v) is 3.05. The molecule has 2 nitrogen and oxygen atoms in total. The van der Waals surface area contributed by atoms with Crippen molar-refractivity contribution in [1.29, 1.82) is 0 Å². The molecular formula is C17H21NO. The summed E-state index contributed by atoms with van der Waals surface area (Å²) in [4.78, 5) is 0. The fourth-order valence-electron chi connectivity index (χ4n) is 3.05. The second kappa shape index (κ2) is 5.22. The van der Waals surface area contributed by atoms with Crippen molar-refractivity contribution in [3.8, 4) is 0 Å². The van der Waals surface area contributed by atoms with Crippen LogP contribution in [0.2, 0.25) is 0 Å². The maximum absolute atomic E-state index is 5.55. The predicted octanol–water partition coefficient (Wildman–Crippen LogP) is 4.06. The highest BCUT2D eigenvalue weighted by atomic mass is 16.3.